The molecule has 2 N–H and O–H groups in total. The molecule has 228 valence electrons. The lowest BCUT2D eigenvalue weighted by Crippen LogP contribution is -2.44. The Morgan fingerprint density at radius 2 is 2.02 bits per heavy atom. The second-order valence-electron chi connectivity index (χ2n) is 10.2. The maximum atomic E-state index is 15.5. The van der Waals surface area contributed by atoms with E-state index in [9.17, 15) is 14.8 Å². The van der Waals surface area contributed by atoms with Crippen LogP contribution in [0.15, 0.2) is 35.4 Å². The van der Waals surface area contributed by atoms with Gasteiger partial charge >= 0.3 is 14.1 Å². The molecule has 0 spiro atoms. The van der Waals surface area contributed by atoms with Crippen molar-refractivity contribution in [2.75, 3.05) is 25.6 Å². The van der Waals surface area contributed by atoms with Gasteiger partial charge in [0, 0.05) is 18.9 Å². The van der Waals surface area contributed by atoms with Crippen LogP contribution in [0, 0.1) is 0 Å². The maximum absolute atomic E-state index is 15.5. The predicted molar refractivity (Wildman–Crippen MR) is 150 cm³/mol. The fourth-order valence-electron chi connectivity index (χ4n) is 4.10. The van der Waals surface area contributed by atoms with E-state index in [4.69, 9.17) is 30.3 Å². The number of aromatic nitrogens is 4. The van der Waals surface area contributed by atoms with Gasteiger partial charge in [0.2, 0.25) is 11.0 Å². The number of hydrogen-bond donors (Lipinski definition) is 2. The van der Waals surface area contributed by atoms with Crippen LogP contribution in [0.3, 0.4) is 0 Å². The van der Waals surface area contributed by atoms with Gasteiger partial charge in [0.05, 0.1) is 12.4 Å². The number of esters is 1. The van der Waals surface area contributed by atoms with Crippen LogP contribution in [0.5, 0.6) is 11.5 Å². The zero-order valence-electron chi connectivity index (χ0n) is 23.8. The molecule has 6 atom stereocenters. The molecule has 1 aromatic carbocycles. The first-order chi connectivity index (χ1) is 19.8. The average molecular weight is 628 g/mol. The van der Waals surface area contributed by atoms with Crippen LogP contribution in [0.4, 0.5) is 10.2 Å². The number of aliphatic hydroxyl groups is 1. The third-order valence-corrected chi connectivity index (χ3v) is 7.04. The van der Waals surface area contributed by atoms with E-state index >= 15 is 4.39 Å². The number of para-hydroxylation sites is 2. The fourth-order valence-corrected chi connectivity index (χ4v) is 4.89. The summed E-state index contributed by atoms with van der Waals surface area (Å²) in [6, 6.07) is 5.44. The molecular formula is C25H32ClFN7O7P. The van der Waals surface area contributed by atoms with E-state index in [1.165, 1.54) is 36.9 Å². The number of nitrogens with one attached hydrogen (secondary N) is 1. The number of fused-ring (bicyclic) bond motifs is 1. The lowest BCUT2D eigenvalue weighted by atomic mass is 9.99. The molecular weight excluding hydrogens is 596 g/mol. The van der Waals surface area contributed by atoms with Crippen LogP contribution in [-0.2, 0) is 14.3 Å². The van der Waals surface area contributed by atoms with Crippen LogP contribution in [0.2, 0.25) is 5.28 Å². The molecule has 1 aliphatic heterocycles. The number of ether oxygens (including phenoxy) is 3. The normalized spacial score (nSPS) is 23.3. The van der Waals surface area contributed by atoms with E-state index in [2.05, 4.69) is 25.2 Å². The van der Waals surface area contributed by atoms with Crippen LogP contribution in [-0.4, -0.2) is 81.3 Å². The fraction of sp³-hybridized carbons (Fsp3) is 0.520. The first-order valence-corrected chi connectivity index (χ1v) is 14.4. The molecule has 1 aliphatic rings. The molecule has 4 rings (SSSR count). The van der Waals surface area contributed by atoms with Crippen molar-refractivity contribution in [2.45, 2.75) is 63.9 Å². The number of rotatable bonds is 11. The molecule has 42 heavy (non-hydrogen) atoms. The Morgan fingerprint density at radius 1 is 1.33 bits per heavy atom. The minimum Gasteiger partial charge on any atom is -0.574 e. The molecule has 0 amide bonds. The smallest absolute Gasteiger partial charge is 0.412 e. The monoisotopic (exact) mass is 627 g/mol. The molecule has 2 aromatic heterocycles. The highest BCUT2D eigenvalue weighted by Gasteiger charge is 2.54. The summed E-state index contributed by atoms with van der Waals surface area (Å²) >= 11 is 6.10. The Hall–Kier alpha value is -3.20. The zero-order valence-corrected chi connectivity index (χ0v) is 25.4. The van der Waals surface area contributed by atoms with Gasteiger partial charge in [0.15, 0.2) is 35.1 Å². The Kier molecular flexibility index (Phi) is 9.81. The van der Waals surface area contributed by atoms with E-state index in [0.29, 0.717) is 11.3 Å². The van der Waals surface area contributed by atoms with Crippen molar-refractivity contribution in [3.8, 4) is 11.5 Å². The number of alkyl halides is 1. The molecule has 0 radical (unpaired) electrons. The first kappa shape index (κ1) is 31.7. The van der Waals surface area contributed by atoms with E-state index in [0.717, 1.165) is 0 Å². The number of nitrogens with zero attached hydrogens (tertiary/aromatic N) is 6. The topological polar surface area (TPSA) is 169 Å². The largest absolute Gasteiger partial charge is 0.574 e. The van der Waals surface area contributed by atoms with Crippen molar-refractivity contribution in [3.63, 3.8) is 0 Å². The van der Waals surface area contributed by atoms with Crippen molar-refractivity contribution < 1.29 is 37.9 Å². The Morgan fingerprint density at radius 3 is 2.69 bits per heavy atom. The van der Waals surface area contributed by atoms with Gasteiger partial charge in [-0.2, -0.15) is 15.4 Å². The van der Waals surface area contributed by atoms with Gasteiger partial charge in [0.25, 0.3) is 0 Å². The second-order valence-corrected chi connectivity index (χ2v) is 11.4. The van der Waals surface area contributed by atoms with Gasteiger partial charge in [0.1, 0.15) is 24.4 Å². The van der Waals surface area contributed by atoms with Gasteiger partial charge < -0.3 is 29.1 Å². The number of carbonyl (C=O) groups is 1. The molecule has 14 nitrogen and oxygen atoms in total. The molecule has 3 heterocycles. The Balaban J connectivity index is 1.47. The minimum atomic E-state index is -2.66. The summed E-state index contributed by atoms with van der Waals surface area (Å²) in [5.74, 6) is 0.0771. The minimum absolute atomic E-state index is 0.0603. The number of halogens is 2. The number of benzene rings is 1. The van der Waals surface area contributed by atoms with Gasteiger partial charge in [-0.3, -0.25) is 13.9 Å². The highest BCUT2D eigenvalue weighted by Crippen LogP contribution is 2.42. The molecule has 1 saturated heterocycles. The van der Waals surface area contributed by atoms with Crippen LogP contribution < -0.4 is 24.5 Å². The number of carbonyl (C=O) groups excluding carboxylic acids is 1. The van der Waals surface area contributed by atoms with E-state index in [1.54, 1.807) is 45.0 Å². The summed E-state index contributed by atoms with van der Waals surface area (Å²) in [4.78, 5) is 42.4. The van der Waals surface area contributed by atoms with Crippen LogP contribution in [0.1, 0.15) is 33.9 Å². The lowest BCUT2D eigenvalue weighted by Gasteiger charge is -2.27. The number of anilines is 1. The maximum Gasteiger partial charge on any atom is 0.412 e. The van der Waals surface area contributed by atoms with Crippen molar-refractivity contribution in [3.05, 3.63) is 35.9 Å². The lowest BCUT2D eigenvalue weighted by molar-refractivity contribution is -0.169. The van der Waals surface area contributed by atoms with E-state index < -0.39 is 44.3 Å². The van der Waals surface area contributed by atoms with E-state index in [1.807, 2.05) is 0 Å². The van der Waals surface area contributed by atoms with Crippen molar-refractivity contribution in [1.29, 1.82) is 0 Å². The number of aliphatic hydroxyl groups excluding tert-OH is 1. The summed E-state index contributed by atoms with van der Waals surface area (Å²) in [7, 11) is 0.851. The van der Waals surface area contributed by atoms with Gasteiger partial charge in [-0.15, -0.1) is 0 Å². The summed E-state index contributed by atoms with van der Waals surface area (Å²) in [5.41, 5.74) is 1.54. The highest BCUT2D eigenvalue weighted by molar-refractivity contribution is 7.33. The quantitative estimate of drug-likeness (QED) is 0.138. The zero-order chi connectivity index (χ0) is 30.8. The highest BCUT2D eigenvalue weighted by atomic mass is 35.5. The van der Waals surface area contributed by atoms with Crippen LogP contribution >= 0.6 is 19.8 Å². The van der Waals surface area contributed by atoms with Crippen molar-refractivity contribution >= 4 is 42.7 Å². The molecule has 0 aliphatic carbocycles. The number of hydrogen-bond acceptors (Lipinski definition) is 12. The summed E-state index contributed by atoms with van der Waals surface area (Å²) in [6.45, 7) is 6.11. The predicted octanol–water partition coefficient (Wildman–Crippen LogP) is 2.69. The third kappa shape index (κ3) is 6.88. The molecule has 1 unspecified atom stereocenters. The molecule has 0 bridgehead atoms. The molecule has 0 saturated carbocycles. The van der Waals surface area contributed by atoms with Gasteiger partial charge in [-0.05, 0) is 51.4 Å². The Labute approximate surface area is 247 Å². The van der Waals surface area contributed by atoms with Crippen molar-refractivity contribution in [2.24, 2.45) is 4.85 Å². The molecule has 1 fully saturated rings. The van der Waals surface area contributed by atoms with E-state index in [-0.39, 0.29) is 35.1 Å². The molecule has 17 heteroatoms. The second kappa shape index (κ2) is 13.0. The Bertz CT molecular complexity index is 1460. The molecule has 3 aromatic rings. The average Bonchev–Trinajstić information content (AvgIpc) is 3.44. The third-order valence-electron chi connectivity index (χ3n) is 6.24. The standard InChI is InChI=1S/C25H32ClFN7O7P/c1-13(2)39-23(36)14(3)31-32-42(37)41-16-10-8-7-9-15(16)38-11-25(4)19(35)17(27)22(40-25)34-12-28-18-20(33(5)6)29-24(26)30-21(18)34/h7-10,12-14,17,19,22,31,35H,11H2,1-6H3/t14-,17+,19-,22+,25+/m0/s1. The summed E-state index contributed by atoms with van der Waals surface area (Å²) in [5, 5.41) is 10.8. The summed E-state index contributed by atoms with van der Waals surface area (Å²) in [6.07, 6.45) is -3.73. The van der Waals surface area contributed by atoms with Gasteiger partial charge in [-0.25, -0.2) is 9.37 Å². The van der Waals surface area contributed by atoms with Crippen LogP contribution in [0.25, 0.3) is 11.2 Å². The number of imidazole rings is 1. The summed E-state index contributed by atoms with van der Waals surface area (Å²) < 4.78 is 39.2. The first-order valence-electron chi connectivity index (χ1n) is 12.9. The van der Waals surface area contributed by atoms with Gasteiger partial charge in [-0.1, -0.05) is 12.1 Å². The SMILES string of the molecule is CC(C)OC(=O)[C@H](C)N/N=[P+](\[O-])Oc1ccccc1OC[C@@]1(C)O[C@@H](n2cnc3c(N(C)C)nc(Cl)nc32)[C@H](F)[C@@H]1O. The van der Waals surface area contributed by atoms with Crippen molar-refractivity contribution in [1.82, 2.24) is 24.9 Å².